The van der Waals surface area contributed by atoms with Gasteiger partial charge in [-0.15, -0.1) is 6.58 Å². The van der Waals surface area contributed by atoms with Gasteiger partial charge in [0.05, 0.1) is 0 Å². The van der Waals surface area contributed by atoms with E-state index < -0.39 is 0 Å². The minimum Gasteiger partial charge on any atom is -0.402 e. The molecule has 0 aliphatic rings. The van der Waals surface area contributed by atoms with Crippen molar-refractivity contribution in [1.82, 2.24) is 0 Å². The van der Waals surface area contributed by atoms with Crippen LogP contribution in [0.1, 0.15) is 34.6 Å². The van der Waals surface area contributed by atoms with E-state index in [-0.39, 0.29) is 5.78 Å². The van der Waals surface area contributed by atoms with Crippen molar-refractivity contribution in [2.75, 3.05) is 0 Å². The molecule has 0 unspecified atom stereocenters. The third kappa shape index (κ3) is 13.3. The molecule has 2 N–H and O–H groups in total. The highest BCUT2D eigenvalue weighted by atomic mass is 16.1. The first kappa shape index (κ1) is 18.5. The molecule has 2 heteroatoms. The number of hydrogen-bond acceptors (Lipinski definition) is 2. The number of hydrogen-bond donors (Lipinski definition) is 1. The molecule has 0 aliphatic heterocycles. The Morgan fingerprint density at radius 2 is 1.50 bits per heavy atom. The lowest BCUT2D eigenvalue weighted by atomic mass is 10.1. The predicted octanol–water partition coefficient (Wildman–Crippen LogP) is 3.21. The van der Waals surface area contributed by atoms with Crippen molar-refractivity contribution in [3.63, 3.8) is 0 Å². The lowest BCUT2D eigenvalue weighted by Gasteiger charge is -1.96. The standard InChI is InChI=1S/C7H11NO.C3H6.C2H6/c1-4-7(5(2)8)6(3)9;1-3-2;1-2/h4H,1,8H2,2-3H3;3H,1H2,2H3;1-2H3/b7-5-;;. The van der Waals surface area contributed by atoms with Crippen molar-refractivity contribution in [1.29, 1.82) is 0 Å². The first-order chi connectivity index (χ1) is 6.51. The summed E-state index contributed by atoms with van der Waals surface area (Å²) in [6, 6.07) is 0. The highest BCUT2D eigenvalue weighted by molar-refractivity contribution is 5.96. The van der Waals surface area contributed by atoms with Crippen molar-refractivity contribution < 1.29 is 4.79 Å². The zero-order valence-corrected chi connectivity index (χ0v) is 10.1. The number of allylic oxidation sites excluding steroid dienone is 4. The van der Waals surface area contributed by atoms with Gasteiger partial charge < -0.3 is 5.73 Å². The van der Waals surface area contributed by atoms with Gasteiger partial charge in [-0.2, -0.15) is 0 Å². The normalized spacial score (nSPS) is 9.21. The predicted molar refractivity (Wildman–Crippen MR) is 65.0 cm³/mol. The van der Waals surface area contributed by atoms with E-state index in [1.807, 2.05) is 20.8 Å². The van der Waals surface area contributed by atoms with E-state index in [4.69, 9.17) is 5.73 Å². The summed E-state index contributed by atoms with van der Waals surface area (Å²) in [6.45, 7) is 15.8. The first-order valence-electron chi connectivity index (χ1n) is 4.68. The second-order valence-corrected chi connectivity index (χ2v) is 2.27. The maximum atomic E-state index is 10.6. The highest BCUT2D eigenvalue weighted by Crippen LogP contribution is 1.99. The molecule has 0 saturated heterocycles. The topological polar surface area (TPSA) is 43.1 Å². The van der Waals surface area contributed by atoms with E-state index in [0.29, 0.717) is 11.3 Å². The van der Waals surface area contributed by atoms with Crippen LogP contribution in [-0.4, -0.2) is 5.78 Å². The van der Waals surface area contributed by atoms with Crippen LogP contribution in [0.2, 0.25) is 0 Å². The van der Waals surface area contributed by atoms with Crippen LogP contribution < -0.4 is 5.73 Å². The molecule has 0 saturated carbocycles. The Morgan fingerprint density at radius 1 is 1.21 bits per heavy atom. The van der Waals surface area contributed by atoms with Crippen LogP contribution in [0.5, 0.6) is 0 Å². The molecule has 0 heterocycles. The SMILES string of the molecule is C=C/C(C(C)=O)=C(\C)N.C=CC.CC. The van der Waals surface area contributed by atoms with Crippen LogP contribution in [0.3, 0.4) is 0 Å². The van der Waals surface area contributed by atoms with Gasteiger partial charge in [0.1, 0.15) is 0 Å². The quantitative estimate of drug-likeness (QED) is 0.419. The van der Waals surface area contributed by atoms with E-state index in [1.165, 1.54) is 13.0 Å². The van der Waals surface area contributed by atoms with Crippen molar-refractivity contribution in [2.45, 2.75) is 34.6 Å². The molecule has 0 aromatic heterocycles. The lowest BCUT2D eigenvalue weighted by Crippen LogP contribution is -2.02. The summed E-state index contributed by atoms with van der Waals surface area (Å²) in [5, 5.41) is 0. The Morgan fingerprint density at radius 3 is 1.50 bits per heavy atom. The molecule has 0 aliphatic carbocycles. The Bertz CT molecular complexity index is 198. The van der Waals surface area contributed by atoms with Gasteiger partial charge in [0.25, 0.3) is 0 Å². The van der Waals surface area contributed by atoms with E-state index in [1.54, 1.807) is 13.0 Å². The second-order valence-electron chi connectivity index (χ2n) is 2.27. The number of Topliss-reactive ketones (excluding diaryl/α,β-unsaturated/α-hetero) is 1. The molecule has 2 nitrogen and oxygen atoms in total. The largest absolute Gasteiger partial charge is 0.402 e. The molecule has 14 heavy (non-hydrogen) atoms. The van der Waals surface area contributed by atoms with Gasteiger partial charge >= 0.3 is 0 Å². The summed E-state index contributed by atoms with van der Waals surface area (Å²) in [7, 11) is 0. The van der Waals surface area contributed by atoms with Crippen LogP contribution in [0, 0.1) is 0 Å². The van der Waals surface area contributed by atoms with E-state index in [0.717, 1.165) is 0 Å². The van der Waals surface area contributed by atoms with Crippen LogP contribution >= 0.6 is 0 Å². The minimum atomic E-state index is -0.0370. The fourth-order valence-corrected chi connectivity index (χ4v) is 0.582. The third-order valence-electron chi connectivity index (χ3n) is 1.01. The van der Waals surface area contributed by atoms with Gasteiger partial charge in [0, 0.05) is 11.3 Å². The Hall–Kier alpha value is -1.31. The number of ketones is 1. The summed E-state index contributed by atoms with van der Waals surface area (Å²) in [6.07, 6.45) is 3.22. The van der Waals surface area contributed by atoms with E-state index in [2.05, 4.69) is 13.2 Å². The zero-order valence-electron chi connectivity index (χ0n) is 10.1. The summed E-state index contributed by atoms with van der Waals surface area (Å²) in [4.78, 5) is 10.6. The monoisotopic (exact) mass is 197 g/mol. The number of nitrogens with two attached hydrogens (primary N) is 1. The Kier molecular flexibility index (Phi) is 18.8. The average molecular weight is 197 g/mol. The van der Waals surface area contributed by atoms with Gasteiger partial charge in [-0.05, 0) is 20.8 Å². The molecule has 0 aromatic carbocycles. The third-order valence-corrected chi connectivity index (χ3v) is 1.01. The maximum absolute atomic E-state index is 10.6. The molecule has 0 rings (SSSR count). The molecule has 0 spiro atoms. The Labute approximate surface area is 88.2 Å². The number of carbonyl (C=O) groups is 1. The summed E-state index contributed by atoms with van der Waals surface area (Å²) in [5.74, 6) is -0.0370. The molecule has 0 radical (unpaired) electrons. The van der Waals surface area contributed by atoms with Gasteiger partial charge in [-0.3, -0.25) is 4.79 Å². The van der Waals surface area contributed by atoms with E-state index in [9.17, 15) is 4.79 Å². The van der Waals surface area contributed by atoms with Gasteiger partial charge in [-0.1, -0.05) is 32.6 Å². The van der Waals surface area contributed by atoms with Gasteiger partial charge in [0.2, 0.25) is 0 Å². The minimum absolute atomic E-state index is 0.0370. The molecule has 0 atom stereocenters. The lowest BCUT2D eigenvalue weighted by molar-refractivity contribution is -0.113. The Balaban J connectivity index is -0.000000205. The van der Waals surface area contributed by atoms with Gasteiger partial charge in [0.15, 0.2) is 5.78 Å². The molecule has 82 valence electrons. The smallest absolute Gasteiger partial charge is 0.161 e. The molecule has 0 fully saturated rings. The molecular formula is C12H23NO. The van der Waals surface area contributed by atoms with Gasteiger partial charge in [-0.25, -0.2) is 0 Å². The number of rotatable bonds is 2. The van der Waals surface area contributed by atoms with Crippen LogP contribution in [0.4, 0.5) is 0 Å². The van der Waals surface area contributed by atoms with Crippen LogP contribution in [0.25, 0.3) is 0 Å². The first-order valence-corrected chi connectivity index (χ1v) is 4.68. The summed E-state index contributed by atoms with van der Waals surface area (Å²) < 4.78 is 0. The zero-order chi connectivity index (χ0) is 12.1. The number of carbonyl (C=O) groups excluding carboxylic acids is 1. The molecular weight excluding hydrogens is 174 g/mol. The highest BCUT2D eigenvalue weighted by Gasteiger charge is 1.99. The molecule has 0 aromatic rings. The van der Waals surface area contributed by atoms with Crippen LogP contribution in [-0.2, 0) is 4.79 Å². The van der Waals surface area contributed by atoms with Crippen molar-refractivity contribution in [2.24, 2.45) is 5.73 Å². The summed E-state index contributed by atoms with van der Waals surface area (Å²) in [5.41, 5.74) is 6.37. The van der Waals surface area contributed by atoms with Crippen LogP contribution in [0.15, 0.2) is 36.6 Å². The van der Waals surface area contributed by atoms with Crippen molar-refractivity contribution >= 4 is 5.78 Å². The fraction of sp³-hybridized carbons (Fsp3) is 0.417. The molecule has 0 bridgehead atoms. The van der Waals surface area contributed by atoms with Crippen molar-refractivity contribution in [3.05, 3.63) is 36.6 Å². The second kappa shape index (κ2) is 14.2. The molecule has 0 amide bonds. The average Bonchev–Trinajstić information content (AvgIpc) is 2.08. The summed E-state index contributed by atoms with van der Waals surface area (Å²) >= 11 is 0. The fourth-order valence-electron chi connectivity index (χ4n) is 0.582. The van der Waals surface area contributed by atoms with E-state index >= 15 is 0 Å². The maximum Gasteiger partial charge on any atom is 0.161 e. The van der Waals surface area contributed by atoms with Crippen molar-refractivity contribution in [3.8, 4) is 0 Å².